The molecule has 11 nitrogen and oxygen atoms in total. The highest BCUT2D eigenvalue weighted by atomic mass is 35.5. The zero-order valence-electron chi connectivity index (χ0n) is 24.2. The molecule has 2 N–H and O–H groups in total. The fourth-order valence-corrected chi connectivity index (χ4v) is 6.59. The van der Waals surface area contributed by atoms with Gasteiger partial charge in [-0.3, -0.25) is 4.79 Å². The van der Waals surface area contributed by atoms with Crippen molar-refractivity contribution in [1.82, 2.24) is 14.1 Å². The van der Waals surface area contributed by atoms with Crippen molar-refractivity contribution >= 4 is 33.0 Å². The number of aliphatic hydroxyl groups is 1. The summed E-state index contributed by atoms with van der Waals surface area (Å²) in [5.74, 6) is 0.0961. The highest BCUT2D eigenvalue weighted by Crippen LogP contribution is 2.45. The Hall–Kier alpha value is -3.16. The number of aliphatic hydroxyl groups excluding tert-OH is 1. The van der Waals surface area contributed by atoms with Gasteiger partial charge in [-0.15, -0.1) is 0 Å². The Morgan fingerprint density at radius 2 is 1.84 bits per heavy atom. The van der Waals surface area contributed by atoms with Gasteiger partial charge in [0.05, 0.1) is 44.1 Å². The van der Waals surface area contributed by atoms with Crippen LogP contribution >= 0.6 is 11.6 Å². The minimum Gasteiger partial charge on any atom is -0.486 e. The van der Waals surface area contributed by atoms with E-state index in [2.05, 4.69) is 17.3 Å². The molecule has 3 aromatic rings. The molecule has 1 aliphatic carbocycles. The molecule has 43 heavy (non-hydrogen) atoms. The Morgan fingerprint density at radius 3 is 2.56 bits per heavy atom. The van der Waals surface area contributed by atoms with E-state index < -0.39 is 10.0 Å². The number of anilines is 2. The third-order valence-corrected chi connectivity index (χ3v) is 9.78. The smallest absolute Gasteiger partial charge is 0.316 e. The van der Waals surface area contributed by atoms with E-state index in [0.29, 0.717) is 54.8 Å². The van der Waals surface area contributed by atoms with Crippen molar-refractivity contribution in [3.8, 4) is 11.4 Å². The third-order valence-electron chi connectivity index (χ3n) is 7.70. The van der Waals surface area contributed by atoms with E-state index in [1.165, 1.54) is 8.99 Å². The molecule has 1 saturated heterocycles. The summed E-state index contributed by atoms with van der Waals surface area (Å²) in [4.78, 5) is 15.6. The van der Waals surface area contributed by atoms with E-state index in [-0.39, 0.29) is 48.8 Å². The molecule has 1 saturated carbocycles. The van der Waals surface area contributed by atoms with Gasteiger partial charge in [0.25, 0.3) is 0 Å². The second-order valence-electron chi connectivity index (χ2n) is 11.3. The Morgan fingerprint density at radius 1 is 1.07 bits per heavy atom. The van der Waals surface area contributed by atoms with Gasteiger partial charge in [-0.05, 0) is 48.7 Å². The normalized spacial score (nSPS) is 16.7. The quantitative estimate of drug-likeness (QED) is 0.258. The lowest BCUT2D eigenvalue weighted by molar-refractivity contribution is 0.0992. The molecular weight excluding hydrogens is 594 g/mol. The molecule has 0 atom stereocenters. The summed E-state index contributed by atoms with van der Waals surface area (Å²) in [6, 6.07) is 14.2. The number of hydrogen-bond acceptors (Lipinski definition) is 9. The first kappa shape index (κ1) is 31.3. The first-order chi connectivity index (χ1) is 20.7. The van der Waals surface area contributed by atoms with Gasteiger partial charge in [-0.2, -0.15) is 14.1 Å². The van der Waals surface area contributed by atoms with Crippen LogP contribution in [0.1, 0.15) is 25.3 Å². The Bertz CT molecular complexity index is 1570. The minimum absolute atomic E-state index is 0.0259. The summed E-state index contributed by atoms with van der Waals surface area (Å²) in [6.07, 6.45) is 3.71. The molecule has 1 aliphatic heterocycles. The van der Waals surface area contributed by atoms with Gasteiger partial charge in [0.2, 0.25) is 15.8 Å². The van der Waals surface area contributed by atoms with Crippen LogP contribution in [0.4, 0.5) is 11.4 Å². The van der Waals surface area contributed by atoms with Crippen molar-refractivity contribution in [2.75, 3.05) is 69.4 Å². The largest absolute Gasteiger partial charge is 0.486 e. The Balaban J connectivity index is 1.26. The average molecular weight is 632 g/mol. The number of nitrogens with one attached hydrogen (secondary N) is 1. The number of ether oxygens (including phenoxy) is 2. The number of rotatable bonds is 14. The molecule has 13 heteroatoms. The molecule has 2 heterocycles. The van der Waals surface area contributed by atoms with Crippen molar-refractivity contribution in [2.24, 2.45) is 5.41 Å². The SMILES string of the molecule is CC1(COc2c(N3CCN(S(=O)(=O)Cc4cccc(NCCOCCO)c4)CC3)cnn(-c3cccc(Cl)c3)c2=O)CC1. The molecule has 0 unspecified atom stereocenters. The molecule has 0 radical (unpaired) electrons. The fourth-order valence-electron chi connectivity index (χ4n) is 4.90. The summed E-state index contributed by atoms with van der Waals surface area (Å²) >= 11 is 6.16. The van der Waals surface area contributed by atoms with Gasteiger partial charge in [0.1, 0.15) is 5.69 Å². The van der Waals surface area contributed by atoms with Crippen LogP contribution in [0.5, 0.6) is 5.75 Å². The number of halogens is 1. The van der Waals surface area contributed by atoms with E-state index >= 15 is 0 Å². The van der Waals surface area contributed by atoms with E-state index in [9.17, 15) is 13.2 Å². The Labute approximate surface area is 257 Å². The molecule has 1 aromatic heterocycles. The fraction of sp³-hybridized carbons (Fsp3) is 0.467. The summed E-state index contributed by atoms with van der Waals surface area (Å²) in [7, 11) is -3.58. The molecule has 5 rings (SSSR count). The first-order valence-electron chi connectivity index (χ1n) is 14.4. The zero-order chi connectivity index (χ0) is 30.5. The van der Waals surface area contributed by atoms with Crippen molar-refractivity contribution in [3.05, 3.63) is 75.7 Å². The minimum atomic E-state index is -3.58. The lowest BCUT2D eigenvalue weighted by atomic mass is 10.2. The number of piperazine rings is 1. The number of nitrogens with zero attached hydrogens (tertiary/aromatic N) is 4. The number of sulfonamides is 1. The molecule has 0 spiro atoms. The van der Waals surface area contributed by atoms with Crippen LogP contribution in [0.15, 0.2) is 59.5 Å². The van der Waals surface area contributed by atoms with Crippen LogP contribution in [0.2, 0.25) is 5.02 Å². The van der Waals surface area contributed by atoms with Crippen LogP contribution in [-0.2, 0) is 20.5 Å². The van der Waals surface area contributed by atoms with Crippen molar-refractivity contribution < 1.29 is 23.0 Å². The van der Waals surface area contributed by atoms with E-state index in [0.717, 1.165) is 18.5 Å². The van der Waals surface area contributed by atoms with E-state index in [1.807, 2.05) is 23.1 Å². The van der Waals surface area contributed by atoms with E-state index in [4.69, 9.17) is 26.2 Å². The topological polar surface area (TPSA) is 126 Å². The summed E-state index contributed by atoms with van der Waals surface area (Å²) in [6.45, 7) is 5.12. The van der Waals surface area contributed by atoms with Gasteiger partial charge >= 0.3 is 5.56 Å². The first-order valence-corrected chi connectivity index (χ1v) is 16.4. The van der Waals surface area contributed by atoms with Crippen LogP contribution < -0.4 is 20.5 Å². The van der Waals surface area contributed by atoms with Gasteiger partial charge < -0.3 is 24.8 Å². The van der Waals surface area contributed by atoms with Crippen molar-refractivity contribution in [1.29, 1.82) is 0 Å². The van der Waals surface area contributed by atoms with Crippen LogP contribution in [0, 0.1) is 5.41 Å². The molecule has 232 valence electrons. The predicted molar refractivity (Wildman–Crippen MR) is 167 cm³/mol. The standard InChI is InChI=1S/C30H38ClN5O6S/c1-30(8-9-30)22-42-28-27(20-33-36(29(28)38)26-7-3-5-24(31)19-26)34-11-13-35(14-12-34)43(39,40)21-23-4-2-6-25(18-23)32-10-16-41-17-15-37/h2-7,18-20,32,37H,8-17,21-22H2,1H3. The van der Waals surface area contributed by atoms with Crippen LogP contribution in [0.25, 0.3) is 5.69 Å². The molecule has 2 aromatic carbocycles. The predicted octanol–water partition coefficient (Wildman–Crippen LogP) is 3.14. The van der Waals surface area contributed by atoms with Gasteiger partial charge in [-0.1, -0.05) is 36.7 Å². The average Bonchev–Trinajstić information content (AvgIpc) is 3.73. The highest BCUT2D eigenvalue weighted by Gasteiger charge is 2.39. The van der Waals surface area contributed by atoms with Crippen molar-refractivity contribution in [3.63, 3.8) is 0 Å². The molecule has 2 fully saturated rings. The van der Waals surface area contributed by atoms with Gasteiger partial charge in [-0.25, -0.2) is 8.42 Å². The Kier molecular flexibility index (Phi) is 9.92. The lowest BCUT2D eigenvalue weighted by Gasteiger charge is -2.35. The van der Waals surface area contributed by atoms with Gasteiger partial charge in [0.15, 0.2) is 0 Å². The summed E-state index contributed by atoms with van der Waals surface area (Å²) < 4.78 is 40.9. The third kappa shape index (κ3) is 8.07. The maximum atomic E-state index is 13.6. The molecule has 0 amide bonds. The number of hydrogen-bond donors (Lipinski definition) is 2. The highest BCUT2D eigenvalue weighted by molar-refractivity contribution is 7.88. The second-order valence-corrected chi connectivity index (χ2v) is 13.7. The maximum Gasteiger partial charge on any atom is 0.316 e. The van der Waals surface area contributed by atoms with Gasteiger partial charge in [0, 0.05) is 48.8 Å². The van der Waals surface area contributed by atoms with Crippen LogP contribution in [-0.4, -0.2) is 86.8 Å². The molecule has 0 bridgehead atoms. The van der Waals surface area contributed by atoms with Crippen LogP contribution in [0.3, 0.4) is 0 Å². The molecule has 2 aliphatic rings. The maximum absolute atomic E-state index is 13.6. The van der Waals surface area contributed by atoms with Crippen molar-refractivity contribution in [2.45, 2.75) is 25.5 Å². The lowest BCUT2D eigenvalue weighted by Crippen LogP contribution is -2.49. The summed E-state index contributed by atoms with van der Waals surface area (Å²) in [5.41, 5.74) is 2.26. The monoisotopic (exact) mass is 631 g/mol. The number of aromatic nitrogens is 2. The number of benzene rings is 2. The van der Waals surface area contributed by atoms with E-state index in [1.54, 1.807) is 36.5 Å². The zero-order valence-corrected chi connectivity index (χ0v) is 25.8. The second kappa shape index (κ2) is 13.6. The molecular formula is C30H38ClN5O6S. The summed E-state index contributed by atoms with van der Waals surface area (Å²) in [5, 5.41) is 16.9.